The first-order chi connectivity index (χ1) is 11.5. The van der Waals surface area contributed by atoms with Crippen molar-refractivity contribution in [1.29, 1.82) is 0 Å². The van der Waals surface area contributed by atoms with Gasteiger partial charge in [-0.05, 0) is 48.4 Å². The normalized spacial score (nSPS) is 14.8. The van der Waals surface area contributed by atoms with Gasteiger partial charge in [0.05, 0.1) is 5.52 Å². The second kappa shape index (κ2) is 5.39. The summed E-state index contributed by atoms with van der Waals surface area (Å²) in [6.07, 6.45) is 2.18. The van der Waals surface area contributed by atoms with Crippen LogP contribution in [0.2, 0.25) is 0 Å². The third-order valence-corrected chi connectivity index (χ3v) is 5.97. The van der Waals surface area contributed by atoms with Crippen LogP contribution in [0.5, 0.6) is 0 Å². The fourth-order valence-electron chi connectivity index (χ4n) is 3.18. The number of benzene rings is 2. The standard InChI is InChI=1S/C17H14F2N2O2S/c18-13-4-5-14(19)16(8-13)24(22,23)21-10-12-6-7-20-9-11-2-1-3-15(21)17(11)12/h1-5,8,10,20H,6-7,9H2. The van der Waals surface area contributed by atoms with Gasteiger partial charge in [0.2, 0.25) is 0 Å². The van der Waals surface area contributed by atoms with Crippen LogP contribution in [0.25, 0.3) is 10.9 Å². The highest BCUT2D eigenvalue weighted by Crippen LogP contribution is 2.31. The maximum absolute atomic E-state index is 14.0. The van der Waals surface area contributed by atoms with Crippen LogP contribution in [0.1, 0.15) is 11.1 Å². The fourth-order valence-corrected chi connectivity index (χ4v) is 4.64. The van der Waals surface area contributed by atoms with Crippen LogP contribution in [0.3, 0.4) is 0 Å². The highest BCUT2D eigenvalue weighted by Gasteiger charge is 2.26. The largest absolute Gasteiger partial charge is 0.312 e. The molecule has 7 heteroatoms. The van der Waals surface area contributed by atoms with Crippen LogP contribution in [-0.2, 0) is 23.0 Å². The molecule has 0 saturated carbocycles. The minimum Gasteiger partial charge on any atom is -0.312 e. The molecule has 0 spiro atoms. The Labute approximate surface area is 137 Å². The van der Waals surface area contributed by atoms with Gasteiger partial charge < -0.3 is 5.32 Å². The van der Waals surface area contributed by atoms with E-state index in [1.54, 1.807) is 12.1 Å². The summed E-state index contributed by atoms with van der Waals surface area (Å²) in [7, 11) is -4.23. The first-order valence-corrected chi connectivity index (χ1v) is 8.95. The van der Waals surface area contributed by atoms with Crippen molar-refractivity contribution in [2.24, 2.45) is 0 Å². The van der Waals surface area contributed by atoms with Gasteiger partial charge >= 0.3 is 0 Å². The summed E-state index contributed by atoms with van der Waals surface area (Å²) in [6.45, 7) is 1.37. The summed E-state index contributed by atoms with van der Waals surface area (Å²) in [5, 5.41) is 4.14. The molecule has 3 aromatic rings. The molecule has 1 aliphatic rings. The first-order valence-electron chi connectivity index (χ1n) is 7.51. The van der Waals surface area contributed by atoms with Crippen LogP contribution in [0, 0.1) is 11.6 Å². The molecule has 124 valence electrons. The van der Waals surface area contributed by atoms with Crippen molar-refractivity contribution in [3.8, 4) is 0 Å². The van der Waals surface area contributed by atoms with Gasteiger partial charge in [-0.2, -0.15) is 0 Å². The topological polar surface area (TPSA) is 51.1 Å². The Bertz CT molecular complexity index is 1060. The van der Waals surface area contributed by atoms with Crippen molar-refractivity contribution < 1.29 is 17.2 Å². The fraction of sp³-hybridized carbons (Fsp3) is 0.176. The van der Waals surface area contributed by atoms with Gasteiger partial charge in [-0.1, -0.05) is 12.1 Å². The second-order valence-electron chi connectivity index (χ2n) is 5.77. The van der Waals surface area contributed by atoms with Crippen molar-refractivity contribution in [3.05, 3.63) is 65.4 Å². The van der Waals surface area contributed by atoms with Crippen molar-refractivity contribution in [2.75, 3.05) is 6.54 Å². The Morgan fingerprint density at radius 2 is 1.92 bits per heavy atom. The average Bonchev–Trinajstić information content (AvgIpc) is 2.81. The summed E-state index contributed by atoms with van der Waals surface area (Å²) in [5.74, 6) is -1.76. The van der Waals surface area contributed by atoms with E-state index in [0.29, 0.717) is 24.5 Å². The number of hydrogen-bond donors (Lipinski definition) is 1. The Morgan fingerprint density at radius 3 is 2.75 bits per heavy atom. The van der Waals surface area contributed by atoms with Gasteiger partial charge in [-0.3, -0.25) is 0 Å². The average molecular weight is 348 g/mol. The summed E-state index contributed by atoms with van der Waals surface area (Å²) in [5.41, 5.74) is 2.36. The predicted molar refractivity (Wildman–Crippen MR) is 86.3 cm³/mol. The summed E-state index contributed by atoms with van der Waals surface area (Å²) >= 11 is 0. The van der Waals surface area contributed by atoms with E-state index in [1.807, 2.05) is 6.07 Å². The molecule has 4 nitrogen and oxygen atoms in total. The predicted octanol–water partition coefficient (Wildman–Crippen LogP) is 2.80. The third kappa shape index (κ3) is 2.23. The first kappa shape index (κ1) is 15.3. The van der Waals surface area contributed by atoms with Crippen LogP contribution >= 0.6 is 0 Å². The highest BCUT2D eigenvalue weighted by molar-refractivity contribution is 7.90. The molecule has 0 atom stereocenters. The number of nitrogens with one attached hydrogen (secondary N) is 1. The molecular formula is C17H14F2N2O2S. The molecule has 4 rings (SSSR count). The van der Waals surface area contributed by atoms with E-state index < -0.39 is 26.6 Å². The molecule has 0 saturated heterocycles. The lowest BCUT2D eigenvalue weighted by molar-refractivity contribution is 0.549. The molecule has 1 aliphatic heterocycles. The van der Waals surface area contributed by atoms with Gasteiger partial charge in [0.1, 0.15) is 16.5 Å². The van der Waals surface area contributed by atoms with Gasteiger partial charge in [0.25, 0.3) is 10.0 Å². The van der Waals surface area contributed by atoms with E-state index in [9.17, 15) is 17.2 Å². The third-order valence-electron chi connectivity index (χ3n) is 4.28. The molecule has 0 unspecified atom stereocenters. The number of hydrogen-bond acceptors (Lipinski definition) is 3. The highest BCUT2D eigenvalue weighted by atomic mass is 32.2. The number of aromatic nitrogens is 1. The van der Waals surface area contributed by atoms with Crippen LogP contribution < -0.4 is 5.32 Å². The summed E-state index contributed by atoms with van der Waals surface area (Å²) < 4.78 is 54.4. The summed E-state index contributed by atoms with van der Waals surface area (Å²) in [6, 6.07) is 7.82. The number of rotatable bonds is 2. The zero-order chi connectivity index (χ0) is 16.9. The van der Waals surface area contributed by atoms with Crippen molar-refractivity contribution in [2.45, 2.75) is 17.9 Å². The van der Waals surface area contributed by atoms with E-state index >= 15 is 0 Å². The molecule has 24 heavy (non-hydrogen) atoms. The zero-order valence-electron chi connectivity index (χ0n) is 12.6. The minimum atomic E-state index is -4.23. The lowest BCUT2D eigenvalue weighted by Gasteiger charge is -2.10. The minimum absolute atomic E-state index is 0.481. The van der Waals surface area contributed by atoms with Crippen molar-refractivity contribution in [3.63, 3.8) is 0 Å². The van der Waals surface area contributed by atoms with Crippen LogP contribution in [0.4, 0.5) is 8.78 Å². The Hall–Kier alpha value is -2.25. The van der Waals surface area contributed by atoms with Crippen LogP contribution in [0.15, 0.2) is 47.5 Å². The lowest BCUT2D eigenvalue weighted by atomic mass is 10.1. The van der Waals surface area contributed by atoms with Gasteiger partial charge in [-0.15, -0.1) is 0 Å². The Balaban J connectivity index is 2.02. The smallest absolute Gasteiger partial charge is 0.271 e. The van der Waals surface area contributed by atoms with E-state index in [1.165, 1.54) is 6.20 Å². The van der Waals surface area contributed by atoms with E-state index in [2.05, 4.69) is 5.32 Å². The molecule has 0 amide bonds. The van der Waals surface area contributed by atoms with Crippen molar-refractivity contribution >= 4 is 20.9 Å². The van der Waals surface area contributed by atoms with E-state index in [-0.39, 0.29) is 0 Å². The van der Waals surface area contributed by atoms with Crippen LogP contribution in [-0.4, -0.2) is 18.9 Å². The zero-order valence-corrected chi connectivity index (χ0v) is 13.4. The van der Waals surface area contributed by atoms with Gasteiger partial charge in [0, 0.05) is 18.1 Å². The van der Waals surface area contributed by atoms with Crippen molar-refractivity contribution in [1.82, 2.24) is 9.29 Å². The van der Waals surface area contributed by atoms with E-state index in [4.69, 9.17) is 0 Å². The molecule has 1 aromatic heterocycles. The lowest BCUT2D eigenvalue weighted by Crippen LogP contribution is -2.16. The second-order valence-corrected chi connectivity index (χ2v) is 7.55. The number of halogens is 2. The quantitative estimate of drug-likeness (QED) is 0.775. The van der Waals surface area contributed by atoms with Gasteiger partial charge in [-0.25, -0.2) is 21.2 Å². The molecule has 0 radical (unpaired) electrons. The monoisotopic (exact) mass is 348 g/mol. The molecule has 0 aliphatic carbocycles. The summed E-state index contributed by atoms with van der Waals surface area (Å²) in [4.78, 5) is -0.661. The molecular weight excluding hydrogens is 334 g/mol. The molecule has 0 bridgehead atoms. The Morgan fingerprint density at radius 1 is 1.08 bits per heavy atom. The molecule has 2 heterocycles. The van der Waals surface area contributed by atoms with E-state index in [0.717, 1.165) is 39.2 Å². The molecule has 2 aromatic carbocycles. The Kier molecular flexibility index (Phi) is 3.43. The SMILES string of the molecule is O=S(=O)(c1cc(F)ccc1F)n1cc2c3c(cccc31)CNCC2. The maximum Gasteiger partial charge on any atom is 0.271 e. The molecule has 1 N–H and O–H groups in total. The van der Waals surface area contributed by atoms with Gasteiger partial charge in [0.15, 0.2) is 0 Å². The maximum atomic E-state index is 14.0. The molecule has 0 fully saturated rings. The number of nitrogens with zero attached hydrogens (tertiary/aromatic N) is 1.